The minimum atomic E-state index is -3.32. The molecule has 2 aromatic carbocycles. The van der Waals surface area contributed by atoms with E-state index in [9.17, 15) is 13.2 Å². The maximum absolute atomic E-state index is 12.5. The monoisotopic (exact) mass is 478 g/mol. The summed E-state index contributed by atoms with van der Waals surface area (Å²) in [7, 11) is -3.32. The quantitative estimate of drug-likeness (QED) is 0.373. The molecule has 2 heterocycles. The van der Waals surface area contributed by atoms with E-state index in [1.807, 2.05) is 6.07 Å². The molecule has 0 fully saturated rings. The average molecular weight is 479 g/mol. The van der Waals surface area contributed by atoms with Crippen LogP contribution in [0.25, 0.3) is 33.7 Å². The smallest absolute Gasteiger partial charge is 0.259 e. The third kappa shape index (κ3) is 5.32. The van der Waals surface area contributed by atoms with Gasteiger partial charge in [-0.1, -0.05) is 38.1 Å². The lowest BCUT2D eigenvalue weighted by atomic mass is 10.1. The van der Waals surface area contributed by atoms with Gasteiger partial charge in [0.1, 0.15) is 23.7 Å². The molecule has 8 nitrogen and oxygen atoms in total. The van der Waals surface area contributed by atoms with Gasteiger partial charge in [0.25, 0.3) is 5.56 Å². The second-order valence-electron chi connectivity index (χ2n) is 8.23. The first-order valence-electron chi connectivity index (χ1n) is 10.9. The normalized spacial score (nSPS) is 11.8. The number of nitrogens with zero attached hydrogens (tertiary/aromatic N) is 2. The van der Waals surface area contributed by atoms with Crippen LogP contribution in [-0.4, -0.2) is 48.8 Å². The van der Waals surface area contributed by atoms with Gasteiger partial charge < -0.3 is 15.0 Å². The van der Waals surface area contributed by atoms with Crippen LogP contribution in [-0.2, 0) is 9.84 Å². The summed E-state index contributed by atoms with van der Waals surface area (Å²) in [4.78, 5) is 24.9. The molecule has 0 aliphatic heterocycles. The van der Waals surface area contributed by atoms with E-state index in [1.165, 1.54) is 6.26 Å². The number of hydrogen-bond acceptors (Lipinski definition) is 7. The predicted molar refractivity (Wildman–Crippen MR) is 133 cm³/mol. The van der Waals surface area contributed by atoms with Crippen molar-refractivity contribution in [3.05, 3.63) is 71.0 Å². The van der Waals surface area contributed by atoms with Crippen molar-refractivity contribution >= 4 is 20.7 Å². The number of ether oxygens (including phenoxy) is 1. The largest absolute Gasteiger partial charge is 0.490 e. The number of aromatic amines is 1. The minimum Gasteiger partial charge on any atom is -0.490 e. The van der Waals surface area contributed by atoms with Crippen molar-refractivity contribution in [3.63, 3.8) is 0 Å². The molecule has 0 atom stereocenters. The molecule has 176 valence electrons. The molecule has 0 spiro atoms. The Morgan fingerprint density at radius 1 is 1.00 bits per heavy atom. The number of H-pyrrole nitrogens is 1. The van der Waals surface area contributed by atoms with E-state index in [1.54, 1.807) is 54.6 Å². The van der Waals surface area contributed by atoms with E-state index in [-0.39, 0.29) is 10.5 Å². The molecule has 4 rings (SSSR count). The van der Waals surface area contributed by atoms with E-state index in [2.05, 4.69) is 29.1 Å². The van der Waals surface area contributed by atoms with Crippen LogP contribution >= 0.6 is 0 Å². The van der Waals surface area contributed by atoms with E-state index < -0.39 is 9.84 Å². The Hall–Kier alpha value is -3.56. The van der Waals surface area contributed by atoms with Gasteiger partial charge in [-0.3, -0.25) is 4.79 Å². The van der Waals surface area contributed by atoms with Crippen molar-refractivity contribution in [2.24, 2.45) is 0 Å². The van der Waals surface area contributed by atoms with Gasteiger partial charge in [0.15, 0.2) is 15.7 Å². The summed E-state index contributed by atoms with van der Waals surface area (Å²) in [5.74, 6) is 0.885. The standard InChI is InChI=1S/C25H26N4O4S/c1-16(2)26-14-15-33-22-13-12-21(24-28-20-7-5-4-6-19(20)25(30)29-24)27-23(22)17-8-10-18(11-9-17)34(3,31)32/h4-13,16,26H,14-15H2,1-3H3,(H,28,29,30). The van der Waals surface area contributed by atoms with Gasteiger partial charge in [-0.15, -0.1) is 0 Å². The third-order valence-corrected chi connectivity index (χ3v) is 6.31. The summed E-state index contributed by atoms with van der Waals surface area (Å²) >= 11 is 0. The summed E-state index contributed by atoms with van der Waals surface area (Å²) in [6, 6.07) is 17.4. The molecule has 0 bridgehead atoms. The van der Waals surface area contributed by atoms with Gasteiger partial charge in [-0.05, 0) is 36.4 Å². The summed E-state index contributed by atoms with van der Waals surface area (Å²) < 4.78 is 29.7. The maximum atomic E-state index is 12.5. The van der Waals surface area contributed by atoms with Crippen LogP contribution in [0.3, 0.4) is 0 Å². The van der Waals surface area contributed by atoms with Crippen LogP contribution in [0.1, 0.15) is 13.8 Å². The van der Waals surface area contributed by atoms with Gasteiger partial charge in [-0.25, -0.2) is 18.4 Å². The van der Waals surface area contributed by atoms with Crippen molar-refractivity contribution in [3.8, 4) is 28.5 Å². The molecule has 4 aromatic rings. The molecule has 2 N–H and O–H groups in total. The fourth-order valence-electron chi connectivity index (χ4n) is 3.48. The van der Waals surface area contributed by atoms with Crippen molar-refractivity contribution < 1.29 is 13.2 Å². The zero-order valence-corrected chi connectivity index (χ0v) is 20.0. The second-order valence-corrected chi connectivity index (χ2v) is 10.2. The molecule has 9 heteroatoms. The molecule has 0 unspecified atom stereocenters. The highest BCUT2D eigenvalue weighted by Crippen LogP contribution is 2.31. The van der Waals surface area contributed by atoms with Crippen molar-refractivity contribution in [2.45, 2.75) is 24.8 Å². The Balaban J connectivity index is 1.76. The van der Waals surface area contributed by atoms with Crippen molar-refractivity contribution in [1.82, 2.24) is 20.3 Å². The summed E-state index contributed by atoms with van der Waals surface area (Å²) in [6.07, 6.45) is 1.17. The van der Waals surface area contributed by atoms with Crippen LogP contribution in [0, 0.1) is 0 Å². The Morgan fingerprint density at radius 3 is 2.44 bits per heavy atom. The lowest BCUT2D eigenvalue weighted by molar-refractivity contribution is 0.309. The van der Waals surface area contributed by atoms with Crippen LogP contribution in [0.5, 0.6) is 5.75 Å². The fourth-order valence-corrected chi connectivity index (χ4v) is 4.11. The summed E-state index contributed by atoms with van der Waals surface area (Å²) in [5, 5.41) is 3.80. The van der Waals surface area contributed by atoms with Crippen LogP contribution < -0.4 is 15.6 Å². The lowest BCUT2D eigenvalue weighted by Gasteiger charge is -2.14. The third-order valence-electron chi connectivity index (χ3n) is 5.18. The number of rotatable bonds is 8. The first-order chi connectivity index (χ1) is 16.2. The number of para-hydroxylation sites is 1. The maximum Gasteiger partial charge on any atom is 0.259 e. The van der Waals surface area contributed by atoms with Gasteiger partial charge in [-0.2, -0.15) is 0 Å². The van der Waals surface area contributed by atoms with Crippen molar-refractivity contribution in [1.29, 1.82) is 0 Å². The minimum absolute atomic E-state index is 0.219. The van der Waals surface area contributed by atoms with Crippen molar-refractivity contribution in [2.75, 3.05) is 19.4 Å². The zero-order chi connectivity index (χ0) is 24.3. The molecule has 34 heavy (non-hydrogen) atoms. The summed E-state index contributed by atoms with van der Waals surface area (Å²) in [6.45, 7) is 5.20. The molecular weight excluding hydrogens is 452 g/mol. The Kier molecular flexibility index (Phi) is 6.76. The summed E-state index contributed by atoms with van der Waals surface area (Å²) in [5.41, 5.74) is 2.00. The highest BCUT2D eigenvalue weighted by Gasteiger charge is 2.15. The van der Waals surface area contributed by atoms with Crippen LogP contribution in [0.15, 0.2) is 70.4 Å². The highest BCUT2D eigenvalue weighted by atomic mass is 32.2. The number of hydrogen-bond donors (Lipinski definition) is 2. The fraction of sp³-hybridized carbons (Fsp3) is 0.240. The Morgan fingerprint density at radius 2 is 1.74 bits per heavy atom. The SMILES string of the molecule is CC(C)NCCOc1ccc(-c2nc3ccccc3c(=O)[nH]2)nc1-c1ccc(S(C)(=O)=O)cc1. The molecule has 0 amide bonds. The molecule has 0 aliphatic rings. The molecule has 0 radical (unpaired) electrons. The molecule has 2 aromatic heterocycles. The van der Waals surface area contributed by atoms with Gasteiger partial charge in [0, 0.05) is 24.4 Å². The van der Waals surface area contributed by atoms with Gasteiger partial charge in [0.05, 0.1) is 15.8 Å². The Bertz CT molecular complexity index is 1480. The second kappa shape index (κ2) is 9.74. The van der Waals surface area contributed by atoms with Crippen LogP contribution in [0.2, 0.25) is 0 Å². The first-order valence-corrected chi connectivity index (χ1v) is 12.8. The highest BCUT2D eigenvalue weighted by molar-refractivity contribution is 7.90. The predicted octanol–water partition coefficient (Wildman–Crippen LogP) is 3.43. The zero-order valence-electron chi connectivity index (χ0n) is 19.2. The van der Waals surface area contributed by atoms with E-state index in [0.717, 1.165) is 0 Å². The molecular formula is C25H26N4O4S. The number of aromatic nitrogens is 3. The average Bonchev–Trinajstić information content (AvgIpc) is 2.81. The topological polar surface area (TPSA) is 114 Å². The van der Waals surface area contributed by atoms with Crippen LogP contribution in [0.4, 0.5) is 0 Å². The number of nitrogens with one attached hydrogen (secondary N) is 2. The number of pyridine rings is 1. The molecule has 0 saturated carbocycles. The first kappa shape index (κ1) is 23.6. The number of sulfone groups is 1. The number of fused-ring (bicyclic) bond motifs is 1. The van der Waals surface area contributed by atoms with Gasteiger partial charge in [0.2, 0.25) is 0 Å². The van der Waals surface area contributed by atoms with E-state index in [4.69, 9.17) is 9.72 Å². The number of benzene rings is 2. The molecule has 0 saturated heterocycles. The molecule has 0 aliphatic carbocycles. The van der Waals surface area contributed by atoms with E-state index in [0.29, 0.717) is 58.6 Å². The lowest BCUT2D eigenvalue weighted by Crippen LogP contribution is -2.27. The van der Waals surface area contributed by atoms with Gasteiger partial charge >= 0.3 is 0 Å². The van der Waals surface area contributed by atoms with E-state index >= 15 is 0 Å². The Labute approximate surface area is 198 Å².